The third kappa shape index (κ3) is 7.90. The van der Waals surface area contributed by atoms with Crippen LogP contribution < -0.4 is 16.8 Å². The van der Waals surface area contributed by atoms with E-state index in [0.29, 0.717) is 0 Å². The van der Waals surface area contributed by atoms with Crippen molar-refractivity contribution in [2.45, 2.75) is 77.9 Å². The second-order valence-corrected chi connectivity index (χ2v) is 9.21. The number of carbonyl (C=O) groups is 1. The summed E-state index contributed by atoms with van der Waals surface area (Å²) in [7, 11) is 0. The van der Waals surface area contributed by atoms with Crippen LogP contribution in [-0.2, 0) is 4.79 Å². The van der Waals surface area contributed by atoms with Gasteiger partial charge in [0.1, 0.15) is 0 Å². The smallest absolute Gasteiger partial charge is 0.226 e. The van der Waals surface area contributed by atoms with E-state index in [4.69, 9.17) is 11.5 Å². The molecule has 1 aliphatic carbocycles. The van der Waals surface area contributed by atoms with Gasteiger partial charge in [-0.3, -0.25) is 4.79 Å². The second kappa shape index (κ2) is 9.90. The van der Waals surface area contributed by atoms with Crippen LogP contribution in [0.15, 0.2) is 0 Å². The van der Waals surface area contributed by atoms with Gasteiger partial charge in [-0.1, -0.05) is 47.5 Å². The van der Waals surface area contributed by atoms with Crippen molar-refractivity contribution in [2.75, 3.05) is 19.6 Å². The van der Waals surface area contributed by atoms with Crippen LogP contribution in [0.4, 0.5) is 0 Å². The van der Waals surface area contributed by atoms with Gasteiger partial charge in [0.15, 0.2) is 0 Å². The number of carbonyl (C=O) groups excluding carboxylic acids is 1. The first-order valence-corrected chi connectivity index (χ1v) is 9.42. The number of hydrogen-bond acceptors (Lipinski definition) is 4. The van der Waals surface area contributed by atoms with Crippen molar-refractivity contribution < 1.29 is 4.79 Å². The molecule has 0 aromatic rings. The molecule has 0 aliphatic heterocycles. The average molecular weight is 346 g/mol. The molecule has 1 fully saturated rings. The largest absolute Gasteiger partial charge is 0.356 e. The lowest BCUT2D eigenvalue weighted by Gasteiger charge is -2.27. The molecule has 1 saturated carbocycles. The number of nitrogens with one attached hydrogen (secondary N) is 1. The minimum absolute atomic E-state index is 0.105. The Labute approximate surface area is 148 Å². The molecule has 1 atom stereocenters. The summed E-state index contributed by atoms with van der Waals surface area (Å²) in [6, 6.07) is 0. The van der Waals surface area contributed by atoms with E-state index in [1.54, 1.807) is 0 Å². The maximum absolute atomic E-state index is 12.5. The zero-order valence-corrected chi connectivity index (χ0v) is 16.8. The van der Waals surface area contributed by atoms with Gasteiger partial charge in [-0.25, -0.2) is 0 Å². The van der Waals surface area contributed by atoms with Gasteiger partial charge in [0.25, 0.3) is 0 Å². The zero-order chi connectivity index (χ0) is 18.1. The summed E-state index contributed by atoms with van der Waals surface area (Å²) in [5.74, 6) is 0.225. The number of thiol groups is 1. The highest BCUT2D eigenvalue weighted by molar-refractivity contribution is 7.81. The second-order valence-electron chi connectivity index (χ2n) is 8.00. The lowest BCUT2D eigenvalue weighted by atomic mass is 9.85. The normalized spacial score (nSPS) is 22.1. The Hall–Kier alpha value is -0.260. The predicted molar refractivity (Wildman–Crippen MR) is 104 cm³/mol. The summed E-state index contributed by atoms with van der Waals surface area (Å²) in [4.78, 5) is 12.5. The molecule has 0 radical (unpaired) electrons. The molecule has 1 unspecified atom stereocenters. The molecule has 138 valence electrons. The fourth-order valence-corrected chi connectivity index (χ4v) is 3.48. The number of unbranched alkanes of at least 4 members (excludes halogenated alkanes) is 3. The van der Waals surface area contributed by atoms with Crippen molar-refractivity contribution in [1.29, 1.82) is 0 Å². The molecule has 1 rings (SSSR count). The van der Waals surface area contributed by atoms with Crippen LogP contribution in [0.2, 0.25) is 0 Å². The molecule has 1 amide bonds. The third-order valence-corrected chi connectivity index (χ3v) is 4.66. The molecule has 0 bridgehead atoms. The monoisotopic (exact) mass is 345 g/mol. The molecule has 0 saturated heterocycles. The van der Waals surface area contributed by atoms with Gasteiger partial charge in [0, 0.05) is 11.3 Å². The highest BCUT2D eigenvalue weighted by Gasteiger charge is 2.66. The van der Waals surface area contributed by atoms with Crippen LogP contribution in [-0.4, -0.2) is 30.3 Å². The van der Waals surface area contributed by atoms with Gasteiger partial charge < -0.3 is 16.8 Å². The van der Waals surface area contributed by atoms with E-state index in [9.17, 15) is 4.79 Å². The maximum atomic E-state index is 12.5. The highest BCUT2D eigenvalue weighted by atomic mass is 32.1. The Bertz CT molecular complexity index is 353. The fourth-order valence-electron chi connectivity index (χ4n) is 3.21. The van der Waals surface area contributed by atoms with Crippen molar-refractivity contribution in [3.8, 4) is 0 Å². The molecule has 0 aromatic carbocycles. The molecule has 5 N–H and O–H groups in total. The van der Waals surface area contributed by atoms with E-state index in [1.165, 1.54) is 0 Å². The molecule has 5 heteroatoms. The summed E-state index contributed by atoms with van der Waals surface area (Å²) >= 11 is 4.62. The van der Waals surface area contributed by atoms with Gasteiger partial charge in [0.05, 0.1) is 5.41 Å². The topological polar surface area (TPSA) is 81.1 Å². The number of rotatable bonds is 9. The summed E-state index contributed by atoms with van der Waals surface area (Å²) in [5, 5.41) is 3.14. The first-order valence-electron chi connectivity index (χ1n) is 8.97. The minimum Gasteiger partial charge on any atom is -0.356 e. The van der Waals surface area contributed by atoms with E-state index >= 15 is 0 Å². The molecule has 4 nitrogen and oxygen atoms in total. The van der Waals surface area contributed by atoms with E-state index < -0.39 is 0 Å². The Balaban J connectivity index is 0.00000149. The predicted octanol–water partition coefficient (Wildman–Crippen LogP) is 3.10. The Morgan fingerprint density at radius 1 is 1.17 bits per heavy atom. The number of hydrogen-bond donors (Lipinski definition) is 4. The molecule has 1 aliphatic rings. The quantitative estimate of drug-likeness (QED) is 0.383. The van der Waals surface area contributed by atoms with Crippen molar-refractivity contribution in [1.82, 2.24) is 5.32 Å². The summed E-state index contributed by atoms with van der Waals surface area (Å²) in [5.41, 5.74) is 10.2. The van der Waals surface area contributed by atoms with E-state index in [2.05, 4.69) is 45.6 Å². The Kier molecular flexibility index (Phi) is 9.78. The van der Waals surface area contributed by atoms with Crippen LogP contribution >= 0.6 is 12.6 Å². The molecule has 0 aromatic heterocycles. The van der Waals surface area contributed by atoms with Crippen molar-refractivity contribution >= 4 is 18.5 Å². The molecular weight excluding hydrogens is 306 g/mol. The molecule has 0 heterocycles. The zero-order valence-electron chi connectivity index (χ0n) is 15.9. The summed E-state index contributed by atoms with van der Waals surface area (Å²) < 4.78 is -0.105. The first kappa shape index (κ1) is 22.7. The first-order chi connectivity index (χ1) is 10.6. The fraction of sp³-hybridized carbons (Fsp3) is 0.944. The van der Waals surface area contributed by atoms with Crippen LogP contribution in [0.3, 0.4) is 0 Å². The van der Waals surface area contributed by atoms with E-state index in [0.717, 1.165) is 58.2 Å². The van der Waals surface area contributed by atoms with Crippen LogP contribution in [0.5, 0.6) is 0 Å². The number of nitrogens with two attached hydrogens (primary N) is 2. The molecular formula is C18H39N3OS. The lowest BCUT2D eigenvalue weighted by molar-refractivity contribution is -0.128. The maximum Gasteiger partial charge on any atom is 0.226 e. The van der Waals surface area contributed by atoms with Gasteiger partial charge >= 0.3 is 0 Å². The van der Waals surface area contributed by atoms with Gasteiger partial charge in [-0.05, 0) is 44.2 Å². The third-order valence-electron chi connectivity index (χ3n) is 4.50. The van der Waals surface area contributed by atoms with Gasteiger partial charge in [-0.15, -0.1) is 0 Å². The summed E-state index contributed by atoms with van der Waals surface area (Å²) in [6.07, 6.45) is 6.25. The molecule has 23 heavy (non-hydrogen) atoms. The van der Waals surface area contributed by atoms with E-state index in [-0.39, 0.29) is 21.5 Å². The summed E-state index contributed by atoms with van der Waals surface area (Å²) in [6.45, 7) is 12.8. The van der Waals surface area contributed by atoms with Crippen molar-refractivity contribution in [3.63, 3.8) is 0 Å². The van der Waals surface area contributed by atoms with E-state index in [1.807, 2.05) is 6.92 Å². The highest BCUT2D eigenvalue weighted by Crippen LogP contribution is 2.67. The lowest BCUT2D eigenvalue weighted by Crippen LogP contribution is -2.38. The SMILES string of the molecule is CC(C)(S)CC1(C(=O)NCCCCCCN)CC1(C)C.CCN. The van der Waals surface area contributed by atoms with Gasteiger partial charge in [-0.2, -0.15) is 12.6 Å². The van der Waals surface area contributed by atoms with Crippen molar-refractivity contribution in [3.05, 3.63) is 0 Å². The van der Waals surface area contributed by atoms with Crippen LogP contribution in [0.25, 0.3) is 0 Å². The Morgan fingerprint density at radius 2 is 1.65 bits per heavy atom. The Morgan fingerprint density at radius 3 is 2.04 bits per heavy atom. The standard InChI is InChI=1S/C16H32N2OS.C2H7N/c1-14(2)11-16(14,12-15(3,4)20)13(19)18-10-8-6-5-7-9-17;1-2-3/h20H,5-12,17H2,1-4H3,(H,18,19);2-3H2,1H3. The van der Waals surface area contributed by atoms with Crippen molar-refractivity contribution in [2.24, 2.45) is 22.3 Å². The average Bonchev–Trinajstić information content (AvgIpc) is 2.94. The van der Waals surface area contributed by atoms with Crippen LogP contribution in [0, 0.1) is 10.8 Å². The number of amides is 1. The minimum atomic E-state index is -0.213. The van der Waals surface area contributed by atoms with Gasteiger partial charge in [0.2, 0.25) is 5.91 Å². The van der Waals surface area contributed by atoms with Crippen LogP contribution in [0.1, 0.15) is 73.1 Å². The molecule has 0 spiro atoms.